The van der Waals surface area contributed by atoms with E-state index in [-0.39, 0.29) is 29.6 Å². The van der Waals surface area contributed by atoms with Crippen molar-refractivity contribution in [3.63, 3.8) is 0 Å². The summed E-state index contributed by atoms with van der Waals surface area (Å²) in [5.41, 5.74) is 1.37. The topological polar surface area (TPSA) is 6.48 Å². The summed E-state index contributed by atoms with van der Waals surface area (Å²) in [7, 11) is 0. The van der Waals surface area contributed by atoms with Crippen LogP contribution < -0.4 is 29.6 Å². The second kappa shape index (κ2) is 7.67. The van der Waals surface area contributed by atoms with Crippen LogP contribution in [0.2, 0.25) is 0 Å². The third-order valence-corrected chi connectivity index (χ3v) is 3.40. The third-order valence-electron chi connectivity index (χ3n) is 2.88. The van der Waals surface area contributed by atoms with Gasteiger partial charge >= 0.3 is 29.6 Å². The predicted molar refractivity (Wildman–Crippen MR) is 73.3 cm³/mol. The fourth-order valence-corrected chi connectivity index (χ4v) is 2.30. The first-order valence-electron chi connectivity index (χ1n) is 5.48. The van der Waals surface area contributed by atoms with Crippen LogP contribution in [0.15, 0.2) is 30.3 Å². The maximum atomic E-state index is 5.01. The first-order valence-corrected chi connectivity index (χ1v) is 6.29. The van der Waals surface area contributed by atoms with Gasteiger partial charge in [0, 0.05) is 32.7 Å². The van der Waals surface area contributed by atoms with E-state index >= 15 is 0 Å². The molecule has 86 valence electrons. The van der Waals surface area contributed by atoms with Crippen LogP contribution >= 0.6 is 12.2 Å². The van der Waals surface area contributed by atoms with Gasteiger partial charge in [-0.2, -0.15) is 0 Å². The Morgan fingerprint density at radius 1 is 1.12 bits per heavy atom. The molecule has 2 rings (SSSR count). The Labute approximate surface area is 136 Å². The van der Waals surface area contributed by atoms with Crippen LogP contribution in [-0.2, 0) is 19.2 Å². The maximum Gasteiger partial charge on any atom is 1.00 e. The minimum atomic E-state index is 0. The SMILES string of the molecule is S=C([S-])N1CCN(Cc2ccccc2)CC1.[Na+]. The van der Waals surface area contributed by atoms with Gasteiger partial charge in [-0.1, -0.05) is 34.7 Å². The van der Waals surface area contributed by atoms with Crippen molar-refractivity contribution in [1.29, 1.82) is 0 Å². The average molecular weight is 274 g/mol. The average Bonchev–Trinajstić information content (AvgIpc) is 2.31. The molecule has 0 spiro atoms. The van der Waals surface area contributed by atoms with Gasteiger partial charge in [-0.05, 0) is 5.56 Å². The second-order valence-corrected chi connectivity index (χ2v) is 5.05. The van der Waals surface area contributed by atoms with Gasteiger partial charge < -0.3 is 29.7 Å². The summed E-state index contributed by atoms with van der Waals surface area (Å²) in [6.45, 7) is 5.06. The number of hydrogen-bond donors (Lipinski definition) is 0. The molecule has 0 atom stereocenters. The molecule has 1 heterocycles. The number of benzene rings is 1. The Bertz CT molecular complexity index is 351. The standard InChI is InChI=1S/C12H16N2S2.Na/c15-12(16)14-8-6-13(7-9-14)10-11-4-2-1-3-5-11;/h1-5H,6-10H2,(H,15,16);/q;+1/p-1. The molecule has 0 aromatic heterocycles. The largest absolute Gasteiger partial charge is 1.00 e. The van der Waals surface area contributed by atoms with Crippen molar-refractivity contribution in [1.82, 2.24) is 9.80 Å². The van der Waals surface area contributed by atoms with E-state index in [1.54, 1.807) is 0 Å². The van der Waals surface area contributed by atoms with E-state index in [0.29, 0.717) is 4.32 Å². The molecule has 1 aromatic carbocycles. The molecular weight excluding hydrogens is 259 g/mol. The van der Waals surface area contributed by atoms with Gasteiger partial charge in [0.1, 0.15) is 0 Å². The summed E-state index contributed by atoms with van der Waals surface area (Å²) in [5, 5.41) is 0. The van der Waals surface area contributed by atoms with Gasteiger partial charge in [0.2, 0.25) is 0 Å². The number of hydrogen-bond acceptors (Lipinski definition) is 3. The molecule has 0 N–H and O–H groups in total. The maximum absolute atomic E-state index is 5.01. The molecular formula is C12H15N2NaS2. The molecule has 17 heavy (non-hydrogen) atoms. The molecule has 2 nitrogen and oxygen atoms in total. The van der Waals surface area contributed by atoms with E-state index in [4.69, 9.17) is 24.8 Å². The summed E-state index contributed by atoms with van der Waals surface area (Å²) in [6, 6.07) is 10.6. The van der Waals surface area contributed by atoms with Crippen LogP contribution in [0.3, 0.4) is 0 Å². The number of piperazine rings is 1. The zero-order valence-electron chi connectivity index (χ0n) is 10.1. The molecule has 5 heteroatoms. The van der Waals surface area contributed by atoms with Gasteiger partial charge in [0.05, 0.1) is 0 Å². The van der Waals surface area contributed by atoms with Crippen LogP contribution in [-0.4, -0.2) is 40.3 Å². The summed E-state index contributed by atoms with van der Waals surface area (Å²) in [6.07, 6.45) is 0. The third kappa shape index (κ3) is 4.81. The predicted octanol–water partition coefficient (Wildman–Crippen LogP) is -1.36. The van der Waals surface area contributed by atoms with Crippen molar-refractivity contribution < 1.29 is 29.6 Å². The van der Waals surface area contributed by atoms with Crippen molar-refractivity contribution >= 4 is 29.2 Å². The molecule has 1 aromatic rings. The van der Waals surface area contributed by atoms with E-state index in [1.807, 2.05) is 0 Å². The van der Waals surface area contributed by atoms with Crippen molar-refractivity contribution in [2.24, 2.45) is 0 Å². The van der Waals surface area contributed by atoms with E-state index in [9.17, 15) is 0 Å². The van der Waals surface area contributed by atoms with Gasteiger partial charge in [-0.3, -0.25) is 4.90 Å². The molecule has 1 aliphatic rings. The molecule has 1 aliphatic heterocycles. The fourth-order valence-electron chi connectivity index (χ4n) is 1.93. The normalized spacial score (nSPS) is 16.4. The monoisotopic (exact) mass is 274 g/mol. The van der Waals surface area contributed by atoms with Gasteiger partial charge in [-0.15, -0.1) is 0 Å². The summed E-state index contributed by atoms with van der Waals surface area (Å²) in [5.74, 6) is 0. The van der Waals surface area contributed by atoms with Crippen molar-refractivity contribution in [3.8, 4) is 0 Å². The smallest absolute Gasteiger partial charge is 0.411 e. The molecule has 0 aliphatic carbocycles. The van der Waals surface area contributed by atoms with Crippen LogP contribution in [0.5, 0.6) is 0 Å². The van der Waals surface area contributed by atoms with E-state index < -0.39 is 0 Å². The zero-order valence-corrected chi connectivity index (χ0v) is 13.8. The minimum Gasteiger partial charge on any atom is -0.411 e. The second-order valence-electron chi connectivity index (χ2n) is 4.01. The molecule has 0 saturated carbocycles. The Morgan fingerprint density at radius 2 is 1.71 bits per heavy atom. The van der Waals surface area contributed by atoms with Crippen LogP contribution in [0.1, 0.15) is 5.56 Å². The first kappa shape index (κ1) is 15.3. The number of nitrogens with zero attached hydrogens (tertiary/aromatic N) is 2. The van der Waals surface area contributed by atoms with Crippen LogP contribution in [0, 0.1) is 0 Å². The van der Waals surface area contributed by atoms with E-state index in [0.717, 1.165) is 32.7 Å². The van der Waals surface area contributed by atoms with Gasteiger partial charge in [0.15, 0.2) is 0 Å². The Balaban J connectivity index is 0.00000144. The zero-order chi connectivity index (χ0) is 11.4. The van der Waals surface area contributed by atoms with Crippen molar-refractivity contribution in [3.05, 3.63) is 35.9 Å². The Morgan fingerprint density at radius 3 is 2.24 bits per heavy atom. The summed E-state index contributed by atoms with van der Waals surface area (Å²) in [4.78, 5) is 4.55. The number of thiocarbonyl (C=S) groups is 1. The molecule has 0 unspecified atom stereocenters. The van der Waals surface area contributed by atoms with Gasteiger partial charge in [-0.25, -0.2) is 0 Å². The first-order chi connectivity index (χ1) is 7.75. The number of rotatable bonds is 2. The van der Waals surface area contributed by atoms with E-state index in [1.165, 1.54) is 5.56 Å². The quantitative estimate of drug-likeness (QED) is 0.373. The van der Waals surface area contributed by atoms with Crippen LogP contribution in [0.25, 0.3) is 0 Å². The minimum absolute atomic E-state index is 0. The van der Waals surface area contributed by atoms with Crippen LogP contribution in [0.4, 0.5) is 0 Å². The molecule has 1 saturated heterocycles. The summed E-state index contributed by atoms with van der Waals surface area (Å²) >= 11 is 10.0. The molecule has 1 fully saturated rings. The van der Waals surface area contributed by atoms with Crippen molar-refractivity contribution in [2.45, 2.75) is 6.54 Å². The molecule has 0 amide bonds. The molecule has 0 bridgehead atoms. The van der Waals surface area contributed by atoms with Gasteiger partial charge in [0.25, 0.3) is 0 Å². The molecule has 0 radical (unpaired) electrons. The Hall–Kier alpha value is 0.290. The fraction of sp³-hybridized carbons (Fsp3) is 0.417. The van der Waals surface area contributed by atoms with E-state index in [2.05, 4.69) is 40.1 Å². The Kier molecular flexibility index (Phi) is 6.92. The van der Waals surface area contributed by atoms with Crippen molar-refractivity contribution in [2.75, 3.05) is 26.2 Å². The summed E-state index contributed by atoms with van der Waals surface area (Å²) < 4.78 is 0.611.